The first kappa shape index (κ1) is 18.4. The maximum Gasteiger partial charge on any atom is 0.153 e. The van der Waals surface area contributed by atoms with Gasteiger partial charge < -0.3 is 9.84 Å². The molecule has 25 heavy (non-hydrogen) atoms. The topological polar surface area (TPSA) is 76.5 Å². The van der Waals surface area contributed by atoms with Crippen LogP contribution in [0.4, 0.5) is 0 Å². The van der Waals surface area contributed by atoms with E-state index in [1.54, 1.807) is 39.1 Å². The van der Waals surface area contributed by atoms with Gasteiger partial charge in [0.1, 0.15) is 17.0 Å². The zero-order valence-corrected chi connectivity index (χ0v) is 16.1. The van der Waals surface area contributed by atoms with Crippen molar-refractivity contribution in [2.45, 2.75) is 50.6 Å². The third-order valence-electron chi connectivity index (χ3n) is 4.74. The van der Waals surface area contributed by atoms with Crippen LogP contribution in [-0.2, 0) is 15.4 Å². The van der Waals surface area contributed by atoms with E-state index >= 15 is 0 Å². The molecular weight excluding hydrogens is 362 g/mol. The molecule has 136 valence electrons. The van der Waals surface area contributed by atoms with E-state index in [9.17, 15) is 13.5 Å². The summed E-state index contributed by atoms with van der Waals surface area (Å²) in [5.41, 5.74) is -0.294. The monoisotopic (exact) mass is 383 g/mol. The fourth-order valence-electron chi connectivity index (χ4n) is 3.15. The molecule has 1 aromatic carbocycles. The van der Waals surface area contributed by atoms with E-state index in [1.807, 2.05) is 6.07 Å². The Kier molecular flexibility index (Phi) is 4.73. The summed E-state index contributed by atoms with van der Waals surface area (Å²) in [5.74, 6) is 0.792. The standard InChI is InChI=1S/C18H22ClNO4S/c1-4-25(22,23)12-7-11(8-12)24-16-6-5-15(18(2,3)21)13-9-17(19)20-10-14(13)16/h5-6,9-12,21H,4,7-8H2,1-3H3. The Hall–Kier alpha value is -1.37. The molecule has 0 saturated heterocycles. The van der Waals surface area contributed by atoms with Crippen LogP contribution in [0.15, 0.2) is 24.4 Å². The summed E-state index contributed by atoms with van der Waals surface area (Å²) >= 11 is 6.02. The van der Waals surface area contributed by atoms with Crippen molar-refractivity contribution in [3.63, 3.8) is 0 Å². The number of aliphatic hydroxyl groups is 1. The van der Waals surface area contributed by atoms with Crippen LogP contribution < -0.4 is 4.74 Å². The van der Waals surface area contributed by atoms with Crippen molar-refractivity contribution in [2.75, 3.05) is 5.75 Å². The first-order chi connectivity index (χ1) is 11.6. The minimum Gasteiger partial charge on any atom is -0.490 e. The number of fused-ring (bicyclic) bond motifs is 1. The average molecular weight is 384 g/mol. The Morgan fingerprint density at radius 3 is 2.60 bits per heavy atom. The molecule has 0 spiro atoms. The molecule has 7 heteroatoms. The molecule has 0 aliphatic heterocycles. The van der Waals surface area contributed by atoms with Crippen LogP contribution in [0.5, 0.6) is 5.75 Å². The SMILES string of the molecule is CCS(=O)(=O)C1CC(Oc2ccc(C(C)(C)O)c3cc(Cl)ncc23)C1. The summed E-state index contributed by atoms with van der Waals surface area (Å²) < 4.78 is 29.8. The average Bonchev–Trinajstić information content (AvgIpc) is 2.48. The van der Waals surface area contributed by atoms with Crippen LogP contribution >= 0.6 is 11.6 Å². The van der Waals surface area contributed by atoms with Crippen LogP contribution in [-0.4, -0.2) is 35.6 Å². The molecule has 1 fully saturated rings. The zero-order chi connectivity index (χ0) is 18.4. The molecule has 5 nitrogen and oxygen atoms in total. The summed E-state index contributed by atoms with van der Waals surface area (Å²) in [6.45, 7) is 5.09. The van der Waals surface area contributed by atoms with Crippen LogP contribution in [0.1, 0.15) is 39.2 Å². The Balaban J connectivity index is 1.89. The Labute approximate surface area is 152 Å². The van der Waals surface area contributed by atoms with Crippen LogP contribution in [0.3, 0.4) is 0 Å². The molecule has 2 aromatic rings. The summed E-state index contributed by atoms with van der Waals surface area (Å²) in [6, 6.07) is 5.32. The number of halogens is 1. The lowest BCUT2D eigenvalue weighted by atomic mass is 9.92. The number of ether oxygens (including phenoxy) is 1. The third-order valence-corrected chi connectivity index (χ3v) is 7.15. The largest absolute Gasteiger partial charge is 0.490 e. The Morgan fingerprint density at radius 2 is 2.00 bits per heavy atom. The molecule has 1 aromatic heterocycles. The Bertz CT molecular complexity index is 899. The van der Waals surface area contributed by atoms with Crippen molar-refractivity contribution >= 4 is 32.2 Å². The molecule has 3 rings (SSSR count). The molecule has 1 saturated carbocycles. The highest BCUT2D eigenvalue weighted by Crippen LogP contribution is 2.38. The summed E-state index contributed by atoms with van der Waals surface area (Å²) in [6.07, 6.45) is 2.51. The van der Waals surface area contributed by atoms with Crippen molar-refractivity contribution in [3.8, 4) is 5.75 Å². The highest BCUT2D eigenvalue weighted by Gasteiger charge is 2.39. The zero-order valence-electron chi connectivity index (χ0n) is 14.5. The van der Waals surface area contributed by atoms with Gasteiger partial charge in [0.2, 0.25) is 0 Å². The van der Waals surface area contributed by atoms with E-state index in [1.165, 1.54) is 0 Å². The van der Waals surface area contributed by atoms with E-state index in [-0.39, 0.29) is 17.1 Å². The summed E-state index contributed by atoms with van der Waals surface area (Å²) in [5, 5.41) is 12.0. The van der Waals surface area contributed by atoms with Gasteiger partial charge in [-0.1, -0.05) is 24.6 Å². The fraction of sp³-hybridized carbons (Fsp3) is 0.500. The number of rotatable bonds is 5. The molecule has 0 bridgehead atoms. The van der Waals surface area contributed by atoms with Crippen LogP contribution in [0.2, 0.25) is 5.15 Å². The van der Waals surface area contributed by atoms with Crippen molar-refractivity contribution in [2.24, 2.45) is 0 Å². The maximum absolute atomic E-state index is 11.9. The van der Waals surface area contributed by atoms with Gasteiger partial charge in [-0.2, -0.15) is 0 Å². The highest BCUT2D eigenvalue weighted by molar-refractivity contribution is 7.92. The number of pyridine rings is 1. The molecule has 0 amide bonds. The van der Waals surface area contributed by atoms with Gasteiger partial charge in [0.25, 0.3) is 0 Å². The van der Waals surface area contributed by atoms with Gasteiger partial charge in [-0.3, -0.25) is 0 Å². The lowest BCUT2D eigenvalue weighted by Gasteiger charge is -2.35. The van der Waals surface area contributed by atoms with Gasteiger partial charge in [-0.05, 0) is 36.9 Å². The van der Waals surface area contributed by atoms with Crippen molar-refractivity contribution in [3.05, 3.63) is 35.1 Å². The molecule has 1 heterocycles. The minimum atomic E-state index is -3.00. The number of aromatic nitrogens is 1. The van der Waals surface area contributed by atoms with E-state index in [0.29, 0.717) is 23.7 Å². The second-order valence-corrected chi connectivity index (χ2v) is 9.96. The van der Waals surface area contributed by atoms with E-state index in [4.69, 9.17) is 16.3 Å². The second-order valence-electron chi connectivity index (χ2n) is 7.01. The van der Waals surface area contributed by atoms with Crippen molar-refractivity contribution < 1.29 is 18.3 Å². The normalized spacial score (nSPS) is 21.2. The summed E-state index contributed by atoms with van der Waals surface area (Å²) in [7, 11) is -3.00. The fourth-order valence-corrected chi connectivity index (χ4v) is 4.79. The molecule has 0 unspecified atom stereocenters. The van der Waals surface area contributed by atoms with Gasteiger partial charge in [-0.25, -0.2) is 13.4 Å². The number of hydrogen-bond acceptors (Lipinski definition) is 5. The molecule has 1 aliphatic rings. The van der Waals surface area contributed by atoms with Gasteiger partial charge in [0.15, 0.2) is 9.84 Å². The molecule has 1 N–H and O–H groups in total. The highest BCUT2D eigenvalue weighted by atomic mass is 35.5. The molecular formula is C18H22ClNO4S. The quantitative estimate of drug-likeness (QED) is 0.800. The Morgan fingerprint density at radius 1 is 1.32 bits per heavy atom. The number of nitrogens with zero attached hydrogens (tertiary/aromatic N) is 1. The summed E-state index contributed by atoms with van der Waals surface area (Å²) in [4.78, 5) is 4.12. The van der Waals surface area contributed by atoms with Crippen LogP contribution in [0, 0.1) is 0 Å². The smallest absolute Gasteiger partial charge is 0.153 e. The van der Waals surface area contributed by atoms with Crippen LogP contribution in [0.25, 0.3) is 10.8 Å². The van der Waals surface area contributed by atoms with Crippen molar-refractivity contribution in [1.29, 1.82) is 0 Å². The molecule has 1 aliphatic carbocycles. The molecule has 0 radical (unpaired) electrons. The van der Waals surface area contributed by atoms with Crippen molar-refractivity contribution in [1.82, 2.24) is 4.98 Å². The third kappa shape index (κ3) is 3.61. The first-order valence-electron chi connectivity index (χ1n) is 8.31. The van der Waals surface area contributed by atoms with Gasteiger partial charge in [0.05, 0.1) is 10.9 Å². The number of benzene rings is 1. The predicted octanol–water partition coefficient (Wildman–Crippen LogP) is 3.46. The lowest BCUT2D eigenvalue weighted by Crippen LogP contribution is -2.43. The lowest BCUT2D eigenvalue weighted by molar-refractivity contribution is 0.0800. The van der Waals surface area contributed by atoms with E-state index < -0.39 is 15.4 Å². The predicted molar refractivity (Wildman–Crippen MR) is 98.9 cm³/mol. The van der Waals surface area contributed by atoms with E-state index in [2.05, 4.69) is 4.98 Å². The first-order valence-corrected chi connectivity index (χ1v) is 10.4. The van der Waals surface area contributed by atoms with Gasteiger partial charge in [-0.15, -0.1) is 0 Å². The number of sulfone groups is 1. The van der Waals surface area contributed by atoms with Gasteiger partial charge >= 0.3 is 0 Å². The molecule has 0 atom stereocenters. The van der Waals surface area contributed by atoms with E-state index in [0.717, 1.165) is 16.3 Å². The maximum atomic E-state index is 11.9. The second kappa shape index (κ2) is 6.41. The van der Waals surface area contributed by atoms with Gasteiger partial charge in [0, 0.05) is 30.2 Å². The minimum absolute atomic E-state index is 0.127. The number of hydrogen-bond donors (Lipinski definition) is 1.